The summed E-state index contributed by atoms with van der Waals surface area (Å²) in [6, 6.07) is 13.2. The largest absolute Gasteiger partial charge is 0.491 e. The van der Waals surface area contributed by atoms with Gasteiger partial charge < -0.3 is 28.8 Å². The smallest absolute Gasteiger partial charge is 0.343 e. The van der Waals surface area contributed by atoms with Crippen molar-refractivity contribution in [2.75, 3.05) is 33.0 Å². The fourth-order valence-corrected chi connectivity index (χ4v) is 2.95. The van der Waals surface area contributed by atoms with E-state index in [1.165, 1.54) is 18.2 Å². The molecule has 1 unspecified atom stereocenters. The van der Waals surface area contributed by atoms with E-state index in [1.807, 2.05) is 6.07 Å². The Kier molecular flexibility index (Phi) is 10.3. The van der Waals surface area contributed by atoms with Crippen molar-refractivity contribution in [1.82, 2.24) is 0 Å². The zero-order chi connectivity index (χ0) is 24.9. The Morgan fingerprint density at radius 3 is 2.63 bits per heavy atom. The van der Waals surface area contributed by atoms with Gasteiger partial charge in [-0.25, -0.2) is 9.59 Å². The van der Waals surface area contributed by atoms with Gasteiger partial charge >= 0.3 is 11.9 Å². The van der Waals surface area contributed by atoms with Gasteiger partial charge in [-0.3, -0.25) is 0 Å². The van der Waals surface area contributed by atoms with Gasteiger partial charge in [-0.2, -0.15) is 5.26 Å². The highest BCUT2D eigenvalue weighted by Crippen LogP contribution is 2.23. The molecule has 35 heavy (non-hydrogen) atoms. The molecule has 0 amide bonds. The summed E-state index contributed by atoms with van der Waals surface area (Å²) in [5.41, 5.74) is 1.31. The maximum atomic E-state index is 12.5. The van der Waals surface area contributed by atoms with E-state index in [2.05, 4.69) is 0 Å². The molecule has 1 atom stereocenters. The molecule has 9 heteroatoms. The highest BCUT2D eigenvalue weighted by molar-refractivity contribution is 5.91. The van der Waals surface area contributed by atoms with E-state index in [9.17, 15) is 14.7 Å². The summed E-state index contributed by atoms with van der Waals surface area (Å²) < 4.78 is 26.5. The normalized spacial score (nSPS) is 14.3. The molecule has 1 saturated heterocycles. The lowest BCUT2D eigenvalue weighted by molar-refractivity contribution is -0.137. The first-order valence-electron chi connectivity index (χ1n) is 11.2. The zero-order valence-electron chi connectivity index (χ0n) is 19.2. The SMILES string of the molecule is N#CCCOC(=O)/C=C/c1ccc(OC(=O)c2ccc(OCCOCCC3CO3)cc2)c(CO)c1. The van der Waals surface area contributed by atoms with Crippen LogP contribution in [0.3, 0.4) is 0 Å². The monoisotopic (exact) mass is 481 g/mol. The van der Waals surface area contributed by atoms with Crippen LogP contribution < -0.4 is 9.47 Å². The van der Waals surface area contributed by atoms with Crippen LogP contribution in [-0.4, -0.2) is 56.2 Å². The lowest BCUT2D eigenvalue weighted by atomic mass is 10.1. The average Bonchev–Trinajstić information content (AvgIpc) is 3.70. The van der Waals surface area contributed by atoms with Crippen LogP contribution in [0.5, 0.6) is 11.5 Å². The molecule has 0 radical (unpaired) electrons. The number of rotatable bonds is 14. The van der Waals surface area contributed by atoms with Gasteiger partial charge in [-0.05, 0) is 54.5 Å². The molecule has 1 aliphatic heterocycles. The molecular formula is C26H27NO8. The first-order valence-corrected chi connectivity index (χ1v) is 11.2. The van der Waals surface area contributed by atoms with Gasteiger partial charge in [0.25, 0.3) is 0 Å². The Bertz CT molecular complexity index is 1050. The molecule has 0 aromatic heterocycles. The summed E-state index contributed by atoms with van der Waals surface area (Å²) >= 11 is 0. The number of ether oxygens (including phenoxy) is 5. The first kappa shape index (κ1) is 25.9. The fourth-order valence-electron chi connectivity index (χ4n) is 2.95. The lowest BCUT2D eigenvalue weighted by Gasteiger charge is -2.10. The van der Waals surface area contributed by atoms with E-state index in [4.69, 9.17) is 28.9 Å². The number of carbonyl (C=O) groups excluding carboxylic acids is 2. The van der Waals surface area contributed by atoms with Crippen molar-refractivity contribution >= 4 is 18.0 Å². The van der Waals surface area contributed by atoms with E-state index >= 15 is 0 Å². The van der Waals surface area contributed by atoms with Crippen molar-refractivity contribution in [2.24, 2.45) is 0 Å². The van der Waals surface area contributed by atoms with Crippen molar-refractivity contribution in [2.45, 2.75) is 25.6 Å². The first-order chi connectivity index (χ1) is 17.1. The van der Waals surface area contributed by atoms with E-state index in [-0.39, 0.29) is 25.4 Å². The molecular weight excluding hydrogens is 454 g/mol. The van der Waals surface area contributed by atoms with Crippen molar-refractivity contribution in [3.05, 3.63) is 65.2 Å². The Labute approximate surface area is 203 Å². The quantitative estimate of drug-likeness (QED) is 0.142. The Morgan fingerprint density at radius 1 is 1.11 bits per heavy atom. The van der Waals surface area contributed by atoms with E-state index in [0.717, 1.165) is 13.0 Å². The minimum atomic E-state index is -0.582. The standard InChI is InChI=1S/C26H27NO8/c27-11-1-12-33-25(29)9-3-19-2-8-24(21(16-19)17-28)35-26(30)20-4-6-22(7-5-20)32-15-14-31-13-10-23-18-34-23/h2-9,16,23,28H,1,10,12-15,17-18H2/b9-3+. The van der Waals surface area contributed by atoms with Gasteiger partial charge in [0, 0.05) is 18.2 Å². The van der Waals surface area contributed by atoms with Crippen LogP contribution in [0.25, 0.3) is 6.08 Å². The van der Waals surface area contributed by atoms with E-state index in [0.29, 0.717) is 48.4 Å². The highest BCUT2D eigenvalue weighted by Gasteiger charge is 2.21. The number of epoxide rings is 1. The maximum Gasteiger partial charge on any atom is 0.343 e. The Balaban J connectivity index is 1.48. The van der Waals surface area contributed by atoms with Gasteiger partial charge in [-0.1, -0.05) is 6.07 Å². The van der Waals surface area contributed by atoms with Gasteiger partial charge in [0.05, 0.1) is 44.0 Å². The molecule has 1 heterocycles. The zero-order valence-corrected chi connectivity index (χ0v) is 19.2. The topological polar surface area (TPSA) is 128 Å². The third kappa shape index (κ3) is 9.22. The summed E-state index contributed by atoms with van der Waals surface area (Å²) in [5, 5.41) is 18.1. The fraction of sp³-hybridized carbons (Fsp3) is 0.346. The van der Waals surface area contributed by atoms with Crippen LogP contribution in [-0.2, 0) is 25.6 Å². The Morgan fingerprint density at radius 2 is 1.91 bits per heavy atom. The molecule has 1 N–H and O–H groups in total. The molecule has 184 valence electrons. The predicted molar refractivity (Wildman–Crippen MR) is 125 cm³/mol. The van der Waals surface area contributed by atoms with Crippen molar-refractivity contribution < 1.29 is 38.4 Å². The summed E-state index contributed by atoms with van der Waals surface area (Å²) in [6.07, 6.45) is 4.09. The van der Waals surface area contributed by atoms with Gasteiger partial charge in [-0.15, -0.1) is 0 Å². The second-order valence-corrected chi connectivity index (χ2v) is 7.55. The predicted octanol–water partition coefficient (Wildman–Crippen LogP) is 3.05. The second-order valence-electron chi connectivity index (χ2n) is 7.55. The van der Waals surface area contributed by atoms with Crippen LogP contribution in [0.4, 0.5) is 0 Å². The second kappa shape index (κ2) is 13.9. The number of hydrogen-bond acceptors (Lipinski definition) is 9. The summed E-state index contributed by atoms with van der Waals surface area (Å²) in [5.74, 6) is -0.347. The number of esters is 2. The molecule has 0 saturated carbocycles. The number of nitrogens with zero attached hydrogens (tertiary/aromatic N) is 1. The van der Waals surface area contributed by atoms with Gasteiger partial charge in [0.1, 0.15) is 24.7 Å². The molecule has 2 aromatic carbocycles. The van der Waals surface area contributed by atoms with Crippen molar-refractivity contribution in [3.63, 3.8) is 0 Å². The highest BCUT2D eigenvalue weighted by atomic mass is 16.6. The summed E-state index contributed by atoms with van der Waals surface area (Å²) in [4.78, 5) is 24.1. The third-order valence-corrected chi connectivity index (χ3v) is 4.90. The van der Waals surface area contributed by atoms with E-state index < -0.39 is 11.9 Å². The minimum absolute atomic E-state index is 0.0223. The van der Waals surface area contributed by atoms with Gasteiger partial charge in [0.2, 0.25) is 0 Å². The number of benzene rings is 2. The minimum Gasteiger partial charge on any atom is -0.491 e. The Hall–Kier alpha value is -3.71. The van der Waals surface area contributed by atoms with Crippen LogP contribution in [0, 0.1) is 11.3 Å². The molecule has 0 spiro atoms. The molecule has 0 aliphatic carbocycles. The summed E-state index contributed by atoms with van der Waals surface area (Å²) in [7, 11) is 0. The average molecular weight is 482 g/mol. The molecule has 9 nitrogen and oxygen atoms in total. The number of hydrogen-bond donors (Lipinski definition) is 1. The van der Waals surface area contributed by atoms with Crippen molar-refractivity contribution in [1.29, 1.82) is 5.26 Å². The van der Waals surface area contributed by atoms with Crippen molar-refractivity contribution in [3.8, 4) is 17.6 Å². The lowest BCUT2D eigenvalue weighted by Crippen LogP contribution is -2.11. The van der Waals surface area contributed by atoms with Crippen LogP contribution in [0.1, 0.15) is 34.3 Å². The number of aliphatic hydroxyl groups excluding tert-OH is 1. The number of carbonyl (C=O) groups is 2. The third-order valence-electron chi connectivity index (χ3n) is 4.90. The molecule has 3 rings (SSSR count). The van der Waals surface area contributed by atoms with Crippen LogP contribution in [0.15, 0.2) is 48.5 Å². The summed E-state index contributed by atoms with van der Waals surface area (Å²) in [6.45, 7) is 1.99. The van der Waals surface area contributed by atoms with Gasteiger partial charge in [0.15, 0.2) is 0 Å². The number of aliphatic hydroxyl groups is 1. The molecule has 2 aromatic rings. The maximum absolute atomic E-state index is 12.5. The van der Waals surface area contributed by atoms with Crippen LogP contribution >= 0.6 is 0 Å². The molecule has 0 bridgehead atoms. The molecule has 1 fully saturated rings. The van der Waals surface area contributed by atoms with E-state index in [1.54, 1.807) is 36.4 Å². The molecule has 1 aliphatic rings. The number of nitriles is 1. The van der Waals surface area contributed by atoms with Crippen LogP contribution in [0.2, 0.25) is 0 Å².